The summed E-state index contributed by atoms with van der Waals surface area (Å²) in [6, 6.07) is 6.92. The van der Waals surface area contributed by atoms with Crippen molar-refractivity contribution in [3.05, 3.63) is 46.6 Å². The van der Waals surface area contributed by atoms with Crippen LogP contribution in [0.2, 0.25) is 0 Å². The van der Waals surface area contributed by atoms with E-state index in [1.165, 1.54) is 18.1 Å². The van der Waals surface area contributed by atoms with Crippen LogP contribution in [0.3, 0.4) is 0 Å². The lowest BCUT2D eigenvalue weighted by Crippen LogP contribution is -2.28. The van der Waals surface area contributed by atoms with Crippen LogP contribution in [0.4, 0.5) is 0 Å². The summed E-state index contributed by atoms with van der Waals surface area (Å²) in [5.41, 5.74) is 4.49. The van der Waals surface area contributed by atoms with E-state index in [2.05, 4.69) is 10.1 Å². The Hall–Kier alpha value is -2.70. The van der Waals surface area contributed by atoms with Gasteiger partial charge in [0.1, 0.15) is 12.1 Å². The maximum absolute atomic E-state index is 11.3. The minimum atomic E-state index is -0.912. The SMILES string of the molecule is COc1cccc(-n2cnc(=O)c(C(N)=O)n2)c1. The Balaban J connectivity index is 2.54. The lowest BCUT2D eigenvalue weighted by molar-refractivity contribution is 0.0992. The van der Waals surface area contributed by atoms with Gasteiger partial charge in [-0.25, -0.2) is 4.68 Å². The van der Waals surface area contributed by atoms with Crippen molar-refractivity contribution in [2.24, 2.45) is 5.73 Å². The molecule has 0 saturated carbocycles. The highest BCUT2D eigenvalue weighted by Crippen LogP contribution is 2.14. The highest BCUT2D eigenvalue weighted by Gasteiger charge is 2.10. The third kappa shape index (κ3) is 2.19. The molecule has 0 aliphatic heterocycles. The van der Waals surface area contributed by atoms with Crippen molar-refractivity contribution in [3.8, 4) is 11.4 Å². The summed E-state index contributed by atoms with van der Waals surface area (Å²) in [7, 11) is 1.53. The predicted molar refractivity (Wildman–Crippen MR) is 62.7 cm³/mol. The summed E-state index contributed by atoms with van der Waals surface area (Å²) in [5, 5.41) is 3.83. The van der Waals surface area contributed by atoms with Gasteiger partial charge < -0.3 is 10.5 Å². The van der Waals surface area contributed by atoms with Crippen molar-refractivity contribution >= 4 is 5.91 Å². The van der Waals surface area contributed by atoms with Gasteiger partial charge in [0.2, 0.25) is 5.69 Å². The van der Waals surface area contributed by atoms with Gasteiger partial charge in [0, 0.05) is 6.07 Å². The molecular weight excluding hydrogens is 236 g/mol. The first kappa shape index (κ1) is 11.8. The maximum atomic E-state index is 11.3. The molecule has 0 aliphatic carbocycles. The van der Waals surface area contributed by atoms with Gasteiger partial charge >= 0.3 is 5.56 Å². The zero-order valence-corrected chi connectivity index (χ0v) is 9.53. The summed E-state index contributed by atoms with van der Waals surface area (Å²) in [5.74, 6) is -0.293. The molecule has 0 atom stereocenters. The molecule has 92 valence electrons. The van der Waals surface area contributed by atoms with Crippen LogP contribution in [-0.4, -0.2) is 27.8 Å². The first-order valence-corrected chi connectivity index (χ1v) is 5.02. The van der Waals surface area contributed by atoms with Crippen molar-refractivity contribution in [1.82, 2.24) is 14.8 Å². The minimum Gasteiger partial charge on any atom is -0.497 e. The number of ether oxygens (including phenoxy) is 1. The molecule has 0 unspecified atom stereocenters. The molecule has 1 aromatic carbocycles. The van der Waals surface area contributed by atoms with Gasteiger partial charge in [0.15, 0.2) is 0 Å². The van der Waals surface area contributed by atoms with E-state index >= 15 is 0 Å². The van der Waals surface area contributed by atoms with Crippen molar-refractivity contribution < 1.29 is 9.53 Å². The first-order valence-electron chi connectivity index (χ1n) is 5.02. The summed E-state index contributed by atoms with van der Waals surface area (Å²) >= 11 is 0. The van der Waals surface area contributed by atoms with E-state index in [0.717, 1.165) is 0 Å². The fourth-order valence-electron chi connectivity index (χ4n) is 1.38. The molecular formula is C11H10N4O3. The van der Waals surface area contributed by atoms with E-state index in [-0.39, 0.29) is 0 Å². The second-order valence-corrected chi connectivity index (χ2v) is 3.41. The molecule has 0 fully saturated rings. The number of nitrogens with two attached hydrogens (primary N) is 1. The number of amides is 1. The average Bonchev–Trinajstić information content (AvgIpc) is 2.39. The van der Waals surface area contributed by atoms with Crippen LogP contribution in [0.5, 0.6) is 5.75 Å². The number of benzene rings is 1. The Bertz CT molecular complexity index is 651. The summed E-state index contributed by atoms with van der Waals surface area (Å²) in [6.45, 7) is 0. The Kier molecular flexibility index (Phi) is 3.05. The van der Waals surface area contributed by atoms with E-state index in [1.54, 1.807) is 24.3 Å². The number of carbonyl (C=O) groups is 1. The van der Waals surface area contributed by atoms with Crippen LogP contribution >= 0.6 is 0 Å². The fraction of sp³-hybridized carbons (Fsp3) is 0.0909. The third-order valence-corrected chi connectivity index (χ3v) is 2.25. The average molecular weight is 246 g/mol. The molecule has 7 nitrogen and oxygen atoms in total. The first-order chi connectivity index (χ1) is 8.61. The fourth-order valence-corrected chi connectivity index (χ4v) is 1.38. The van der Waals surface area contributed by atoms with E-state index in [1.807, 2.05) is 0 Å². The number of nitrogens with zero attached hydrogens (tertiary/aromatic N) is 3. The Morgan fingerprint density at radius 3 is 2.89 bits per heavy atom. The van der Waals surface area contributed by atoms with Gasteiger partial charge in [0.25, 0.3) is 5.91 Å². The lowest BCUT2D eigenvalue weighted by atomic mass is 10.3. The second kappa shape index (κ2) is 4.66. The highest BCUT2D eigenvalue weighted by molar-refractivity contribution is 5.90. The number of aromatic nitrogens is 3. The van der Waals surface area contributed by atoms with Crippen LogP contribution in [0.15, 0.2) is 35.4 Å². The van der Waals surface area contributed by atoms with Crippen LogP contribution < -0.4 is 16.0 Å². The molecule has 0 spiro atoms. The molecule has 0 bridgehead atoms. The van der Waals surface area contributed by atoms with Crippen LogP contribution in [0.25, 0.3) is 5.69 Å². The molecule has 0 radical (unpaired) electrons. The molecule has 2 N–H and O–H groups in total. The number of carbonyl (C=O) groups excluding carboxylic acids is 1. The third-order valence-electron chi connectivity index (χ3n) is 2.25. The van der Waals surface area contributed by atoms with E-state index < -0.39 is 17.2 Å². The molecule has 18 heavy (non-hydrogen) atoms. The number of primary amides is 1. The molecule has 1 aromatic heterocycles. The van der Waals surface area contributed by atoms with Gasteiger partial charge in [-0.2, -0.15) is 10.1 Å². The van der Waals surface area contributed by atoms with Gasteiger partial charge in [-0.05, 0) is 12.1 Å². The Labute approximate surface area is 102 Å². The van der Waals surface area contributed by atoms with E-state index in [0.29, 0.717) is 11.4 Å². The molecule has 1 amide bonds. The number of rotatable bonds is 3. The van der Waals surface area contributed by atoms with Crippen LogP contribution in [-0.2, 0) is 0 Å². The zero-order valence-electron chi connectivity index (χ0n) is 9.53. The maximum Gasteiger partial charge on any atom is 0.304 e. The Morgan fingerprint density at radius 1 is 1.44 bits per heavy atom. The number of hydrogen-bond acceptors (Lipinski definition) is 5. The van der Waals surface area contributed by atoms with Crippen molar-refractivity contribution in [1.29, 1.82) is 0 Å². The molecule has 2 aromatic rings. The van der Waals surface area contributed by atoms with Gasteiger partial charge in [-0.3, -0.25) is 9.59 Å². The van der Waals surface area contributed by atoms with Crippen LogP contribution in [0, 0.1) is 0 Å². The van der Waals surface area contributed by atoms with Gasteiger partial charge in [-0.15, -0.1) is 0 Å². The molecule has 0 aliphatic rings. The van der Waals surface area contributed by atoms with Gasteiger partial charge in [0.05, 0.1) is 12.8 Å². The Morgan fingerprint density at radius 2 is 2.22 bits per heavy atom. The summed E-state index contributed by atoms with van der Waals surface area (Å²) < 4.78 is 6.34. The van der Waals surface area contributed by atoms with Crippen LogP contribution in [0.1, 0.15) is 10.5 Å². The highest BCUT2D eigenvalue weighted by atomic mass is 16.5. The van der Waals surface area contributed by atoms with Gasteiger partial charge in [-0.1, -0.05) is 6.07 Å². The quantitative estimate of drug-likeness (QED) is 0.803. The predicted octanol–water partition coefficient (Wildman–Crippen LogP) is -0.265. The lowest BCUT2D eigenvalue weighted by Gasteiger charge is -2.06. The molecule has 2 rings (SSSR count). The standard InChI is InChI=1S/C11H10N4O3/c1-18-8-4-2-3-7(5-8)15-6-13-11(17)9(14-15)10(12)16/h2-6H,1H3,(H2,12,16). The van der Waals surface area contributed by atoms with E-state index in [4.69, 9.17) is 10.5 Å². The topological polar surface area (TPSA) is 100 Å². The number of methoxy groups -OCH3 is 1. The molecule has 1 heterocycles. The monoisotopic (exact) mass is 246 g/mol. The molecule has 7 heteroatoms. The van der Waals surface area contributed by atoms with Crippen molar-refractivity contribution in [3.63, 3.8) is 0 Å². The van der Waals surface area contributed by atoms with E-state index in [9.17, 15) is 9.59 Å². The smallest absolute Gasteiger partial charge is 0.304 e. The molecule has 0 saturated heterocycles. The second-order valence-electron chi connectivity index (χ2n) is 3.41. The largest absolute Gasteiger partial charge is 0.497 e. The van der Waals surface area contributed by atoms with Crippen molar-refractivity contribution in [2.45, 2.75) is 0 Å². The minimum absolute atomic E-state index is 0.402. The summed E-state index contributed by atoms with van der Waals surface area (Å²) in [4.78, 5) is 25.8. The normalized spacial score (nSPS) is 10.1. The number of hydrogen-bond donors (Lipinski definition) is 1. The summed E-state index contributed by atoms with van der Waals surface area (Å²) in [6.07, 6.45) is 1.21. The zero-order chi connectivity index (χ0) is 13.1. The van der Waals surface area contributed by atoms with Crippen molar-refractivity contribution in [2.75, 3.05) is 7.11 Å².